The fourth-order valence-corrected chi connectivity index (χ4v) is 2.97. The van der Waals surface area contributed by atoms with E-state index < -0.39 is 12.1 Å². The molecule has 0 saturated heterocycles. The SMILES string of the molecule is CCCCCCCOc1ccc(-c2ccc(OC(=O)C(F)C(C)CC)cc2)cc1. The number of hydrogen-bond donors (Lipinski definition) is 0. The molecular weight excluding hydrogens is 367 g/mol. The fraction of sp³-hybridized carbons (Fsp3) is 0.480. The Balaban J connectivity index is 1.85. The van der Waals surface area contributed by atoms with Crippen molar-refractivity contribution in [2.24, 2.45) is 5.92 Å². The molecule has 3 nitrogen and oxygen atoms in total. The van der Waals surface area contributed by atoms with Crippen molar-refractivity contribution in [2.45, 2.75) is 65.5 Å². The number of rotatable bonds is 12. The number of esters is 1. The van der Waals surface area contributed by atoms with Crippen LogP contribution in [0.2, 0.25) is 0 Å². The van der Waals surface area contributed by atoms with Crippen LogP contribution in [0.3, 0.4) is 0 Å². The van der Waals surface area contributed by atoms with Crippen molar-refractivity contribution < 1.29 is 18.7 Å². The molecule has 0 bridgehead atoms. The number of halogens is 1. The smallest absolute Gasteiger partial charge is 0.346 e. The molecule has 0 fully saturated rings. The Kier molecular flexibility index (Phi) is 9.69. The van der Waals surface area contributed by atoms with Gasteiger partial charge in [0.15, 0.2) is 6.17 Å². The average molecular weight is 401 g/mol. The summed E-state index contributed by atoms with van der Waals surface area (Å²) in [6.07, 6.45) is 5.10. The first-order valence-electron chi connectivity index (χ1n) is 10.7. The van der Waals surface area contributed by atoms with Crippen LogP contribution in [0, 0.1) is 5.92 Å². The molecule has 2 rings (SSSR count). The third-order valence-electron chi connectivity index (χ3n) is 5.15. The predicted octanol–water partition coefficient (Wildman–Crippen LogP) is 6.99. The van der Waals surface area contributed by atoms with Crippen LogP contribution in [-0.4, -0.2) is 18.7 Å². The van der Waals surface area contributed by atoms with Crippen molar-refractivity contribution in [1.82, 2.24) is 0 Å². The van der Waals surface area contributed by atoms with Gasteiger partial charge in [-0.05, 0) is 47.7 Å². The lowest BCUT2D eigenvalue weighted by molar-refractivity contribution is -0.141. The molecule has 0 aliphatic carbocycles. The van der Waals surface area contributed by atoms with Crippen molar-refractivity contribution in [2.75, 3.05) is 6.61 Å². The molecule has 0 aromatic heterocycles. The number of hydrogen-bond acceptors (Lipinski definition) is 3. The van der Waals surface area contributed by atoms with Gasteiger partial charge in [-0.1, -0.05) is 77.1 Å². The summed E-state index contributed by atoms with van der Waals surface area (Å²) >= 11 is 0. The normalized spacial score (nSPS) is 13.0. The van der Waals surface area contributed by atoms with Gasteiger partial charge in [0.2, 0.25) is 0 Å². The Labute approximate surface area is 174 Å². The zero-order valence-corrected chi connectivity index (χ0v) is 17.8. The van der Waals surface area contributed by atoms with Crippen molar-refractivity contribution in [1.29, 1.82) is 0 Å². The highest BCUT2D eigenvalue weighted by Gasteiger charge is 2.25. The monoisotopic (exact) mass is 400 g/mol. The highest BCUT2D eigenvalue weighted by atomic mass is 19.1. The van der Waals surface area contributed by atoms with Gasteiger partial charge in [0.25, 0.3) is 0 Å². The largest absolute Gasteiger partial charge is 0.494 e. The molecule has 0 radical (unpaired) electrons. The summed E-state index contributed by atoms with van der Waals surface area (Å²) in [6, 6.07) is 15.1. The van der Waals surface area contributed by atoms with Crippen LogP contribution in [-0.2, 0) is 4.79 Å². The zero-order valence-electron chi connectivity index (χ0n) is 17.8. The number of alkyl halides is 1. The molecule has 158 valence electrons. The van der Waals surface area contributed by atoms with Crippen LogP contribution in [0.15, 0.2) is 48.5 Å². The van der Waals surface area contributed by atoms with E-state index >= 15 is 0 Å². The van der Waals surface area contributed by atoms with E-state index in [1.165, 1.54) is 25.7 Å². The Hall–Kier alpha value is -2.36. The summed E-state index contributed by atoms with van der Waals surface area (Å²) < 4.78 is 24.9. The van der Waals surface area contributed by atoms with Crippen molar-refractivity contribution in [3.63, 3.8) is 0 Å². The van der Waals surface area contributed by atoms with Gasteiger partial charge in [-0.15, -0.1) is 0 Å². The Morgan fingerprint density at radius 1 is 0.862 bits per heavy atom. The molecular formula is C25H33FO3. The van der Waals surface area contributed by atoms with Crippen LogP contribution < -0.4 is 9.47 Å². The van der Waals surface area contributed by atoms with E-state index in [0.29, 0.717) is 12.2 Å². The van der Waals surface area contributed by atoms with Gasteiger partial charge in [-0.2, -0.15) is 0 Å². The molecule has 29 heavy (non-hydrogen) atoms. The van der Waals surface area contributed by atoms with E-state index in [4.69, 9.17) is 9.47 Å². The molecule has 0 aliphatic heterocycles. The Morgan fingerprint density at radius 2 is 1.41 bits per heavy atom. The summed E-state index contributed by atoms with van der Waals surface area (Å²) in [5.74, 6) is 0.0451. The quantitative estimate of drug-likeness (QED) is 0.219. The standard InChI is InChI=1S/C25H33FO3/c1-4-6-7-8-9-18-28-22-14-10-20(11-15-22)21-12-16-23(17-13-21)29-25(27)24(26)19(3)5-2/h10-17,19,24H,4-9,18H2,1-3H3. The van der Waals surface area contributed by atoms with E-state index in [1.807, 2.05) is 43.3 Å². The molecule has 2 atom stereocenters. The third-order valence-corrected chi connectivity index (χ3v) is 5.15. The van der Waals surface area contributed by atoms with Crippen LogP contribution in [0.1, 0.15) is 59.3 Å². The summed E-state index contributed by atoms with van der Waals surface area (Å²) in [5, 5.41) is 0. The molecule has 0 saturated carbocycles. The summed E-state index contributed by atoms with van der Waals surface area (Å²) in [5.41, 5.74) is 2.04. The number of benzene rings is 2. The zero-order chi connectivity index (χ0) is 21.1. The summed E-state index contributed by atoms with van der Waals surface area (Å²) in [6.45, 7) is 6.51. The molecule has 0 spiro atoms. The topological polar surface area (TPSA) is 35.5 Å². The fourth-order valence-electron chi connectivity index (χ4n) is 2.97. The van der Waals surface area contributed by atoms with E-state index in [2.05, 4.69) is 6.92 Å². The second-order valence-electron chi connectivity index (χ2n) is 7.52. The van der Waals surface area contributed by atoms with Crippen molar-refractivity contribution in [3.05, 3.63) is 48.5 Å². The molecule has 0 aliphatic rings. The second-order valence-corrected chi connectivity index (χ2v) is 7.52. The maximum atomic E-state index is 13.9. The van der Waals surface area contributed by atoms with E-state index in [0.717, 1.165) is 29.9 Å². The molecule has 0 amide bonds. The molecule has 0 heterocycles. The first-order chi connectivity index (χ1) is 14.0. The van der Waals surface area contributed by atoms with Gasteiger partial charge in [0, 0.05) is 0 Å². The lowest BCUT2D eigenvalue weighted by atomic mass is 10.0. The first kappa shape index (κ1) is 22.9. The maximum absolute atomic E-state index is 13.9. The van der Waals surface area contributed by atoms with Crippen LogP contribution >= 0.6 is 0 Å². The Morgan fingerprint density at radius 3 is 1.97 bits per heavy atom. The minimum absolute atomic E-state index is 0.348. The molecule has 2 unspecified atom stereocenters. The van der Waals surface area contributed by atoms with Crippen LogP contribution in [0.5, 0.6) is 11.5 Å². The molecule has 4 heteroatoms. The maximum Gasteiger partial charge on any atom is 0.346 e. The lowest BCUT2D eigenvalue weighted by Crippen LogP contribution is -2.27. The van der Waals surface area contributed by atoms with Crippen LogP contribution in [0.25, 0.3) is 11.1 Å². The van der Waals surface area contributed by atoms with Gasteiger partial charge < -0.3 is 9.47 Å². The van der Waals surface area contributed by atoms with E-state index in [-0.39, 0.29) is 5.92 Å². The predicted molar refractivity (Wildman–Crippen MR) is 116 cm³/mol. The van der Waals surface area contributed by atoms with Crippen molar-refractivity contribution >= 4 is 5.97 Å². The van der Waals surface area contributed by atoms with Gasteiger partial charge in [-0.25, -0.2) is 9.18 Å². The lowest BCUT2D eigenvalue weighted by Gasteiger charge is -2.13. The number of ether oxygens (including phenoxy) is 2. The summed E-state index contributed by atoms with van der Waals surface area (Å²) in [7, 11) is 0. The third kappa shape index (κ3) is 7.52. The van der Waals surface area contributed by atoms with E-state index in [9.17, 15) is 9.18 Å². The highest BCUT2D eigenvalue weighted by molar-refractivity contribution is 5.77. The highest BCUT2D eigenvalue weighted by Crippen LogP contribution is 2.25. The second kappa shape index (κ2) is 12.3. The van der Waals surface area contributed by atoms with Gasteiger partial charge in [-0.3, -0.25) is 0 Å². The minimum Gasteiger partial charge on any atom is -0.494 e. The molecule has 2 aromatic rings. The number of carbonyl (C=O) groups is 1. The minimum atomic E-state index is -1.60. The van der Waals surface area contributed by atoms with Crippen LogP contribution in [0.4, 0.5) is 4.39 Å². The van der Waals surface area contributed by atoms with Gasteiger partial charge >= 0.3 is 5.97 Å². The van der Waals surface area contributed by atoms with Gasteiger partial charge in [0.05, 0.1) is 6.61 Å². The molecule has 2 aromatic carbocycles. The first-order valence-corrected chi connectivity index (χ1v) is 10.7. The van der Waals surface area contributed by atoms with E-state index in [1.54, 1.807) is 19.1 Å². The summed E-state index contributed by atoms with van der Waals surface area (Å²) in [4.78, 5) is 11.9. The molecule has 0 N–H and O–H groups in total. The number of unbranched alkanes of at least 4 members (excludes halogenated alkanes) is 4. The van der Waals surface area contributed by atoms with Gasteiger partial charge in [0.1, 0.15) is 11.5 Å². The Bertz CT molecular complexity index is 725. The average Bonchev–Trinajstić information content (AvgIpc) is 2.76. The van der Waals surface area contributed by atoms with Crippen molar-refractivity contribution in [3.8, 4) is 22.6 Å². The number of carbonyl (C=O) groups excluding carboxylic acids is 1.